The number of likely N-dealkylation sites (N-methyl/N-ethyl adjacent to an activating group) is 1. The molecular formula is C18H44N8O7. The molecule has 0 radical (unpaired) electrons. The number of amides is 5. The molecule has 198 valence electrons. The summed E-state index contributed by atoms with van der Waals surface area (Å²) in [5.41, 5.74) is 0. The molecule has 0 aliphatic carbocycles. The van der Waals surface area contributed by atoms with Crippen molar-refractivity contribution in [3.8, 4) is 0 Å². The molecule has 15 nitrogen and oxygen atoms in total. The zero-order valence-electron chi connectivity index (χ0n) is 21.1. The summed E-state index contributed by atoms with van der Waals surface area (Å²) >= 11 is 0. The van der Waals surface area contributed by atoms with Crippen LogP contribution >= 0.6 is 0 Å². The fourth-order valence-corrected chi connectivity index (χ4v) is 1.12. The van der Waals surface area contributed by atoms with Crippen LogP contribution in [0.1, 0.15) is 13.8 Å². The van der Waals surface area contributed by atoms with Crippen LogP contribution in [0.25, 0.3) is 0 Å². The Bertz CT molecular complexity index is 443. The Kier molecular flexibility index (Phi) is 39.0. The highest BCUT2D eigenvalue weighted by atomic mass is 16.5. The molecule has 0 heterocycles. The average Bonchev–Trinajstić information content (AvgIpc) is 2.80. The van der Waals surface area contributed by atoms with Gasteiger partial charge in [0, 0.05) is 49.2 Å². The lowest BCUT2D eigenvalue weighted by atomic mass is 10.7. The monoisotopic (exact) mass is 484 g/mol. The number of methoxy groups -OCH3 is 2. The topological polar surface area (TPSA) is 192 Å². The molecule has 8 N–H and O–H groups in total. The minimum absolute atomic E-state index is 0.0430. The molecule has 0 aromatic carbocycles. The summed E-state index contributed by atoms with van der Waals surface area (Å²) < 4.78 is 14.1. The van der Waals surface area contributed by atoms with Gasteiger partial charge in [0.05, 0.1) is 33.5 Å². The van der Waals surface area contributed by atoms with Gasteiger partial charge in [-0.3, -0.25) is 30.3 Å². The first-order valence-corrected chi connectivity index (χ1v) is 9.87. The molecule has 0 saturated heterocycles. The standard InChI is InChI=1S/3C5H12N2O2.C3H8N2O/c1-6-4-9-3-5(8)7-2;2*1-5(8)7-3-6-4-9-2;1-4-3(6)5-2/h3*6H,3-4H2,1-2H3,(H,7,8);1-2H3,(H2,4,5,6). The van der Waals surface area contributed by atoms with Crippen LogP contribution in [-0.2, 0) is 28.6 Å². The van der Waals surface area contributed by atoms with E-state index >= 15 is 0 Å². The predicted molar refractivity (Wildman–Crippen MR) is 125 cm³/mol. The van der Waals surface area contributed by atoms with Crippen molar-refractivity contribution < 1.29 is 33.4 Å². The van der Waals surface area contributed by atoms with E-state index in [1.165, 1.54) is 13.8 Å². The van der Waals surface area contributed by atoms with Crippen LogP contribution in [0.15, 0.2) is 0 Å². The number of nitrogens with one attached hydrogen (secondary N) is 8. The minimum atomic E-state index is -0.157. The highest BCUT2D eigenvalue weighted by molar-refractivity contribution is 5.76. The van der Waals surface area contributed by atoms with Crippen LogP contribution in [-0.4, -0.2) is 106 Å². The molecule has 0 fully saturated rings. The molecule has 0 aromatic rings. The third-order valence-electron chi connectivity index (χ3n) is 2.63. The van der Waals surface area contributed by atoms with E-state index in [1.807, 2.05) is 0 Å². The van der Waals surface area contributed by atoms with Gasteiger partial charge in [0.25, 0.3) is 0 Å². The van der Waals surface area contributed by atoms with Crippen LogP contribution in [0.4, 0.5) is 4.79 Å². The van der Waals surface area contributed by atoms with Gasteiger partial charge in [0.2, 0.25) is 17.7 Å². The van der Waals surface area contributed by atoms with Gasteiger partial charge in [-0.05, 0) is 7.05 Å². The molecule has 0 unspecified atom stereocenters. The summed E-state index contributed by atoms with van der Waals surface area (Å²) in [4.78, 5) is 40.8. The number of hydrogen-bond donors (Lipinski definition) is 8. The fourth-order valence-electron chi connectivity index (χ4n) is 1.12. The van der Waals surface area contributed by atoms with Gasteiger partial charge in [-0.1, -0.05) is 0 Å². The Morgan fingerprint density at radius 3 is 1.33 bits per heavy atom. The zero-order valence-corrected chi connectivity index (χ0v) is 21.1. The van der Waals surface area contributed by atoms with Gasteiger partial charge in [-0.25, -0.2) is 4.79 Å². The van der Waals surface area contributed by atoms with Gasteiger partial charge < -0.3 is 40.8 Å². The van der Waals surface area contributed by atoms with E-state index < -0.39 is 0 Å². The third-order valence-corrected chi connectivity index (χ3v) is 2.63. The summed E-state index contributed by atoms with van der Waals surface area (Å²) in [5.74, 6) is -0.192. The number of hydrogen-bond acceptors (Lipinski definition) is 10. The quantitative estimate of drug-likeness (QED) is 0.105. The Morgan fingerprint density at radius 2 is 1.09 bits per heavy atom. The van der Waals surface area contributed by atoms with Crippen molar-refractivity contribution in [2.24, 2.45) is 0 Å². The molecule has 0 rings (SSSR count). The molecule has 0 aliphatic rings. The fraction of sp³-hybridized carbons (Fsp3) is 0.778. The van der Waals surface area contributed by atoms with Crippen molar-refractivity contribution in [3.05, 3.63) is 0 Å². The normalized spacial score (nSPS) is 8.73. The van der Waals surface area contributed by atoms with E-state index in [1.54, 1.807) is 42.4 Å². The van der Waals surface area contributed by atoms with Gasteiger partial charge in [-0.15, -0.1) is 0 Å². The summed E-state index contributed by atoms with van der Waals surface area (Å²) in [6.45, 7) is 5.31. The first-order chi connectivity index (χ1) is 15.7. The van der Waals surface area contributed by atoms with Crippen LogP contribution in [0.3, 0.4) is 0 Å². The molecule has 15 heteroatoms. The summed E-state index contributed by atoms with van der Waals surface area (Å²) in [6, 6.07) is -0.157. The van der Waals surface area contributed by atoms with E-state index in [4.69, 9.17) is 4.74 Å². The predicted octanol–water partition coefficient (Wildman–Crippen LogP) is -2.98. The Labute approximate surface area is 196 Å². The van der Waals surface area contributed by atoms with E-state index in [0.717, 1.165) is 0 Å². The number of carbonyl (C=O) groups excluding carboxylic acids is 4. The maximum Gasteiger partial charge on any atom is 0.314 e. The number of carbonyl (C=O) groups is 4. The van der Waals surface area contributed by atoms with E-state index in [9.17, 15) is 19.2 Å². The van der Waals surface area contributed by atoms with E-state index in [0.29, 0.717) is 33.5 Å². The van der Waals surface area contributed by atoms with Crippen molar-refractivity contribution in [1.29, 1.82) is 0 Å². The van der Waals surface area contributed by atoms with Crippen molar-refractivity contribution >= 4 is 23.8 Å². The first-order valence-electron chi connectivity index (χ1n) is 9.87. The lowest BCUT2D eigenvalue weighted by molar-refractivity contribution is -0.125. The molecule has 5 amide bonds. The maximum absolute atomic E-state index is 10.4. The van der Waals surface area contributed by atoms with Crippen LogP contribution < -0.4 is 42.5 Å². The minimum Gasteiger partial charge on any atom is -0.369 e. The lowest BCUT2D eigenvalue weighted by Gasteiger charge is -2.01. The maximum atomic E-state index is 10.4. The summed E-state index contributed by atoms with van der Waals surface area (Å²) in [5, 5.41) is 20.6. The molecule has 0 bridgehead atoms. The second-order valence-electron chi connectivity index (χ2n) is 5.53. The summed E-state index contributed by atoms with van der Waals surface area (Å²) in [6.07, 6.45) is 0. The highest BCUT2D eigenvalue weighted by Crippen LogP contribution is 1.68. The van der Waals surface area contributed by atoms with Crippen molar-refractivity contribution in [2.75, 3.05) is 82.5 Å². The van der Waals surface area contributed by atoms with Crippen molar-refractivity contribution in [3.63, 3.8) is 0 Å². The average molecular weight is 485 g/mol. The second kappa shape index (κ2) is 34.1. The SMILES string of the molecule is CNC(=O)NC.CNCOCC(=O)NC.COCNCNC(C)=O.COCNCNC(C)=O. The lowest BCUT2D eigenvalue weighted by Crippen LogP contribution is -2.33. The molecule has 0 aromatic heterocycles. The van der Waals surface area contributed by atoms with Gasteiger partial charge >= 0.3 is 6.03 Å². The number of rotatable bonds is 12. The first kappa shape index (κ1) is 37.7. The van der Waals surface area contributed by atoms with E-state index in [2.05, 4.69) is 52.0 Å². The summed E-state index contributed by atoms with van der Waals surface area (Å²) in [7, 11) is 9.63. The Balaban J connectivity index is -0.000000172. The second-order valence-corrected chi connectivity index (χ2v) is 5.53. The molecule has 0 saturated carbocycles. The van der Waals surface area contributed by atoms with Gasteiger partial charge in [0.15, 0.2) is 0 Å². The van der Waals surface area contributed by atoms with Gasteiger partial charge in [0.1, 0.15) is 6.61 Å². The van der Waals surface area contributed by atoms with Crippen LogP contribution in [0.2, 0.25) is 0 Å². The van der Waals surface area contributed by atoms with Gasteiger partial charge in [-0.2, -0.15) is 0 Å². The van der Waals surface area contributed by atoms with Crippen molar-refractivity contribution in [2.45, 2.75) is 13.8 Å². The Hall–Kier alpha value is -2.56. The largest absolute Gasteiger partial charge is 0.369 e. The molecule has 0 atom stereocenters. The van der Waals surface area contributed by atoms with Crippen LogP contribution in [0, 0.1) is 0 Å². The molecular weight excluding hydrogens is 440 g/mol. The smallest absolute Gasteiger partial charge is 0.314 e. The van der Waals surface area contributed by atoms with Crippen molar-refractivity contribution in [1.82, 2.24) is 42.5 Å². The highest BCUT2D eigenvalue weighted by Gasteiger charge is 1.93. The Morgan fingerprint density at radius 1 is 0.667 bits per heavy atom. The number of ether oxygens (including phenoxy) is 3. The molecule has 0 spiro atoms. The molecule has 33 heavy (non-hydrogen) atoms. The molecule has 0 aliphatic heterocycles. The van der Waals surface area contributed by atoms with E-state index in [-0.39, 0.29) is 30.4 Å². The van der Waals surface area contributed by atoms with Crippen LogP contribution in [0.5, 0.6) is 0 Å². The third kappa shape index (κ3) is 53.1. The zero-order chi connectivity index (χ0) is 26.3. The number of urea groups is 1.